The van der Waals surface area contributed by atoms with Crippen LogP contribution in [0, 0.1) is 0 Å². The van der Waals surface area contributed by atoms with Crippen molar-refractivity contribution in [3.63, 3.8) is 0 Å². The van der Waals surface area contributed by atoms with Crippen LogP contribution >= 0.6 is 0 Å². The van der Waals surface area contributed by atoms with Gasteiger partial charge >= 0.3 is 12.0 Å². The summed E-state index contributed by atoms with van der Waals surface area (Å²) in [6.07, 6.45) is 0. The lowest BCUT2D eigenvalue weighted by Crippen LogP contribution is -2.62. The van der Waals surface area contributed by atoms with Gasteiger partial charge in [-0.1, -0.05) is 0 Å². The van der Waals surface area contributed by atoms with Gasteiger partial charge in [-0.05, 0) is 27.7 Å². The monoisotopic (exact) mass is 271 g/mol. The SMILES string of the molecule is CC1C(=O)NCCN1C(=O)N(CC(=O)O)C(C)(C)C. The first kappa shape index (κ1) is 15.3. The maximum Gasteiger partial charge on any atom is 0.323 e. The average molecular weight is 271 g/mol. The number of carboxylic acids is 1. The lowest BCUT2D eigenvalue weighted by molar-refractivity contribution is -0.139. The van der Waals surface area contributed by atoms with Crippen molar-refractivity contribution in [2.45, 2.75) is 39.3 Å². The quantitative estimate of drug-likeness (QED) is 0.746. The van der Waals surface area contributed by atoms with Gasteiger partial charge in [0.2, 0.25) is 5.91 Å². The standard InChI is InChI=1S/C12H21N3O4/c1-8-10(18)13-5-6-14(8)11(19)15(7-9(16)17)12(2,3)4/h8H,5-7H2,1-4H3,(H,13,18)(H,16,17). The molecule has 7 heteroatoms. The molecule has 1 heterocycles. The van der Waals surface area contributed by atoms with Crippen LogP contribution in [-0.2, 0) is 9.59 Å². The number of aliphatic carboxylic acids is 1. The van der Waals surface area contributed by atoms with E-state index < -0.39 is 23.6 Å². The van der Waals surface area contributed by atoms with Crippen LogP contribution in [-0.4, -0.2) is 64.0 Å². The molecule has 1 aliphatic rings. The molecule has 1 saturated heterocycles. The van der Waals surface area contributed by atoms with Crippen LogP contribution in [0.25, 0.3) is 0 Å². The molecule has 1 rings (SSSR count). The van der Waals surface area contributed by atoms with E-state index in [2.05, 4.69) is 5.32 Å². The molecule has 1 unspecified atom stereocenters. The van der Waals surface area contributed by atoms with Gasteiger partial charge in [0.25, 0.3) is 0 Å². The molecular formula is C12H21N3O4. The smallest absolute Gasteiger partial charge is 0.323 e. The number of nitrogens with zero attached hydrogens (tertiary/aromatic N) is 2. The third-order valence-corrected chi connectivity index (χ3v) is 3.08. The van der Waals surface area contributed by atoms with Crippen molar-refractivity contribution in [3.8, 4) is 0 Å². The van der Waals surface area contributed by atoms with Crippen molar-refractivity contribution in [2.24, 2.45) is 0 Å². The first-order valence-electron chi connectivity index (χ1n) is 6.22. The van der Waals surface area contributed by atoms with E-state index in [1.807, 2.05) is 0 Å². The Kier molecular flexibility index (Phi) is 4.39. The number of carbonyl (C=O) groups excluding carboxylic acids is 2. The summed E-state index contributed by atoms with van der Waals surface area (Å²) in [6.45, 7) is 7.33. The van der Waals surface area contributed by atoms with Gasteiger partial charge in [0.05, 0.1) is 0 Å². The summed E-state index contributed by atoms with van der Waals surface area (Å²) in [4.78, 5) is 37.6. The number of rotatable bonds is 2. The number of piperazine rings is 1. The lowest BCUT2D eigenvalue weighted by Gasteiger charge is -2.41. The Morgan fingerprint density at radius 2 is 2.05 bits per heavy atom. The predicted molar refractivity (Wildman–Crippen MR) is 68.7 cm³/mol. The molecule has 0 saturated carbocycles. The van der Waals surface area contributed by atoms with Crippen LogP contribution in [0.15, 0.2) is 0 Å². The van der Waals surface area contributed by atoms with E-state index in [-0.39, 0.29) is 12.5 Å². The highest BCUT2D eigenvalue weighted by Crippen LogP contribution is 2.18. The second-order valence-electron chi connectivity index (χ2n) is 5.59. The second kappa shape index (κ2) is 5.46. The van der Waals surface area contributed by atoms with Gasteiger partial charge in [-0.15, -0.1) is 0 Å². The van der Waals surface area contributed by atoms with Crippen LogP contribution in [0.2, 0.25) is 0 Å². The number of nitrogens with one attached hydrogen (secondary N) is 1. The maximum atomic E-state index is 12.4. The molecule has 1 fully saturated rings. The minimum absolute atomic E-state index is 0.219. The van der Waals surface area contributed by atoms with Gasteiger partial charge in [-0.2, -0.15) is 0 Å². The predicted octanol–water partition coefficient (Wildman–Crippen LogP) is 0.112. The van der Waals surface area contributed by atoms with E-state index in [1.54, 1.807) is 27.7 Å². The summed E-state index contributed by atoms with van der Waals surface area (Å²) in [5.74, 6) is -1.29. The van der Waals surface area contributed by atoms with Crippen molar-refractivity contribution in [3.05, 3.63) is 0 Å². The summed E-state index contributed by atoms with van der Waals surface area (Å²) in [5.41, 5.74) is -0.622. The van der Waals surface area contributed by atoms with Crippen LogP contribution in [0.5, 0.6) is 0 Å². The van der Waals surface area contributed by atoms with E-state index in [0.29, 0.717) is 13.1 Å². The topological polar surface area (TPSA) is 90.0 Å². The Morgan fingerprint density at radius 3 is 2.53 bits per heavy atom. The molecule has 19 heavy (non-hydrogen) atoms. The summed E-state index contributed by atoms with van der Waals surface area (Å²) < 4.78 is 0. The second-order valence-corrected chi connectivity index (χ2v) is 5.59. The van der Waals surface area contributed by atoms with Crippen LogP contribution in [0.4, 0.5) is 4.79 Å². The van der Waals surface area contributed by atoms with Crippen molar-refractivity contribution < 1.29 is 19.5 Å². The Labute approximate surface area is 112 Å². The zero-order valence-electron chi connectivity index (χ0n) is 11.8. The van der Waals surface area contributed by atoms with E-state index >= 15 is 0 Å². The third kappa shape index (κ3) is 3.59. The molecule has 1 aliphatic heterocycles. The Balaban J connectivity index is 2.93. The summed E-state index contributed by atoms with van der Waals surface area (Å²) in [6, 6.07) is -1.00. The molecule has 0 bridgehead atoms. The zero-order valence-corrected chi connectivity index (χ0v) is 11.8. The zero-order chi connectivity index (χ0) is 14.8. The Morgan fingerprint density at radius 1 is 1.47 bits per heavy atom. The summed E-state index contributed by atoms with van der Waals surface area (Å²) >= 11 is 0. The molecule has 0 radical (unpaired) electrons. The highest BCUT2D eigenvalue weighted by atomic mass is 16.4. The van der Waals surface area contributed by atoms with Gasteiger partial charge in [0.15, 0.2) is 0 Å². The van der Waals surface area contributed by atoms with Crippen LogP contribution in [0.1, 0.15) is 27.7 Å². The number of carboxylic acid groups (broad SMARTS) is 1. The Bertz CT molecular complexity index is 389. The fourth-order valence-electron chi connectivity index (χ4n) is 1.93. The van der Waals surface area contributed by atoms with E-state index in [0.717, 1.165) is 0 Å². The van der Waals surface area contributed by atoms with Gasteiger partial charge < -0.3 is 20.2 Å². The molecule has 0 aromatic rings. The van der Waals surface area contributed by atoms with Crippen LogP contribution in [0.3, 0.4) is 0 Å². The minimum atomic E-state index is -1.07. The number of hydrogen-bond acceptors (Lipinski definition) is 3. The molecule has 3 amide bonds. The van der Waals surface area contributed by atoms with Gasteiger partial charge in [0.1, 0.15) is 12.6 Å². The normalized spacial score (nSPS) is 19.9. The highest BCUT2D eigenvalue weighted by Gasteiger charge is 2.36. The summed E-state index contributed by atoms with van der Waals surface area (Å²) in [5, 5.41) is 11.6. The molecule has 0 aromatic carbocycles. The number of amides is 3. The fraction of sp³-hybridized carbons (Fsp3) is 0.750. The molecule has 2 N–H and O–H groups in total. The Hall–Kier alpha value is -1.79. The minimum Gasteiger partial charge on any atom is -0.480 e. The molecule has 1 atom stereocenters. The first-order valence-corrected chi connectivity index (χ1v) is 6.22. The molecular weight excluding hydrogens is 250 g/mol. The van der Waals surface area contributed by atoms with E-state index in [9.17, 15) is 14.4 Å². The van der Waals surface area contributed by atoms with E-state index in [1.165, 1.54) is 9.80 Å². The number of carbonyl (C=O) groups is 3. The summed E-state index contributed by atoms with van der Waals surface area (Å²) in [7, 11) is 0. The lowest BCUT2D eigenvalue weighted by atomic mass is 10.1. The largest absolute Gasteiger partial charge is 0.480 e. The number of hydrogen-bond donors (Lipinski definition) is 2. The van der Waals surface area contributed by atoms with E-state index in [4.69, 9.17) is 5.11 Å². The fourth-order valence-corrected chi connectivity index (χ4v) is 1.93. The van der Waals surface area contributed by atoms with Crippen LogP contribution < -0.4 is 5.32 Å². The maximum absolute atomic E-state index is 12.4. The van der Waals surface area contributed by atoms with Gasteiger partial charge in [-0.25, -0.2) is 4.79 Å². The van der Waals surface area contributed by atoms with Crippen molar-refractivity contribution in [2.75, 3.05) is 19.6 Å². The molecule has 7 nitrogen and oxygen atoms in total. The van der Waals surface area contributed by atoms with Crippen molar-refractivity contribution >= 4 is 17.9 Å². The number of urea groups is 1. The van der Waals surface area contributed by atoms with Crippen molar-refractivity contribution in [1.82, 2.24) is 15.1 Å². The van der Waals surface area contributed by atoms with Crippen molar-refractivity contribution in [1.29, 1.82) is 0 Å². The molecule has 0 spiro atoms. The third-order valence-electron chi connectivity index (χ3n) is 3.08. The highest BCUT2D eigenvalue weighted by molar-refractivity contribution is 5.89. The molecule has 108 valence electrons. The molecule has 0 aliphatic carbocycles. The molecule has 0 aromatic heterocycles. The first-order chi connectivity index (χ1) is 8.64. The van der Waals surface area contributed by atoms with Gasteiger partial charge in [0, 0.05) is 18.6 Å². The van der Waals surface area contributed by atoms with Gasteiger partial charge in [-0.3, -0.25) is 9.59 Å². The average Bonchev–Trinajstić information content (AvgIpc) is 2.27.